The minimum Gasteiger partial charge on any atom is -1.00 e. The van der Waals surface area contributed by atoms with Crippen LogP contribution in [0.25, 0.3) is 11.1 Å². The van der Waals surface area contributed by atoms with Crippen LogP contribution in [-0.2, 0) is 4.74 Å². The summed E-state index contributed by atoms with van der Waals surface area (Å²) in [7, 11) is 0. The summed E-state index contributed by atoms with van der Waals surface area (Å²) in [4.78, 5) is 1.92. The lowest BCUT2D eigenvalue weighted by Crippen LogP contribution is -3.00. The molecular formula is C14H16BrN3O. The first kappa shape index (κ1) is 14.0. The van der Waals surface area contributed by atoms with Crippen LogP contribution < -0.4 is 26.8 Å². The molecule has 2 heterocycles. The predicted molar refractivity (Wildman–Crippen MR) is 68.6 cm³/mol. The van der Waals surface area contributed by atoms with Crippen molar-refractivity contribution in [1.29, 1.82) is 0 Å². The van der Waals surface area contributed by atoms with Crippen LogP contribution in [0.15, 0.2) is 48.8 Å². The van der Waals surface area contributed by atoms with Gasteiger partial charge in [0.15, 0.2) is 0 Å². The minimum atomic E-state index is 0. The molecule has 1 aliphatic heterocycles. The van der Waals surface area contributed by atoms with Gasteiger partial charge in [0.05, 0.1) is 38.1 Å². The van der Waals surface area contributed by atoms with Crippen molar-refractivity contribution in [3.05, 3.63) is 48.8 Å². The van der Waals surface area contributed by atoms with E-state index < -0.39 is 0 Å². The zero-order valence-electron chi connectivity index (χ0n) is 10.6. The highest BCUT2D eigenvalue weighted by Gasteiger charge is 2.19. The Morgan fingerprint density at radius 2 is 1.74 bits per heavy atom. The van der Waals surface area contributed by atoms with Crippen LogP contribution in [0, 0.1) is 0 Å². The largest absolute Gasteiger partial charge is 1.00 e. The number of benzene rings is 1. The first-order valence-corrected chi connectivity index (χ1v) is 6.20. The first-order valence-electron chi connectivity index (χ1n) is 6.20. The molecule has 1 aromatic heterocycles. The van der Waals surface area contributed by atoms with Crippen molar-refractivity contribution in [2.75, 3.05) is 31.3 Å². The highest BCUT2D eigenvalue weighted by Crippen LogP contribution is 2.15. The lowest BCUT2D eigenvalue weighted by atomic mass is 10.1. The summed E-state index contributed by atoms with van der Waals surface area (Å²) in [6, 6.07) is 12.4. The summed E-state index contributed by atoms with van der Waals surface area (Å²) in [5.74, 6) is 0. The van der Waals surface area contributed by atoms with Gasteiger partial charge in [-0.3, -0.25) is 0 Å². The minimum absolute atomic E-state index is 0. The van der Waals surface area contributed by atoms with Gasteiger partial charge >= 0.3 is 0 Å². The molecule has 0 spiro atoms. The van der Waals surface area contributed by atoms with E-state index in [1.165, 1.54) is 11.1 Å². The third-order valence-electron chi connectivity index (χ3n) is 3.08. The molecule has 4 nitrogen and oxygen atoms in total. The normalized spacial score (nSPS) is 14.8. The number of ether oxygens (including phenoxy) is 1. The van der Waals surface area contributed by atoms with Gasteiger partial charge in [-0.25, -0.2) is 0 Å². The zero-order valence-corrected chi connectivity index (χ0v) is 12.2. The standard InChI is InChI=1S/C14H16N3O.BrH/c1-2-4-13(5-3-1)14-6-7-15-17(12-14)16-8-10-18-11-9-16;/h1-7,12H,8-11H2;1H/q+1;/p-1. The Kier molecular flexibility index (Phi) is 4.87. The van der Waals surface area contributed by atoms with Crippen molar-refractivity contribution < 1.29 is 26.5 Å². The van der Waals surface area contributed by atoms with Crippen LogP contribution in [0.1, 0.15) is 0 Å². The second kappa shape index (κ2) is 6.63. The summed E-state index contributed by atoms with van der Waals surface area (Å²) < 4.78 is 5.35. The fourth-order valence-corrected chi connectivity index (χ4v) is 2.10. The Bertz CT molecular complexity index is 515. The molecule has 0 amide bonds. The first-order chi connectivity index (χ1) is 8.93. The second-order valence-electron chi connectivity index (χ2n) is 4.27. The smallest absolute Gasteiger partial charge is 0.238 e. The maximum atomic E-state index is 5.35. The molecule has 19 heavy (non-hydrogen) atoms. The van der Waals surface area contributed by atoms with E-state index in [1.54, 1.807) is 0 Å². The maximum Gasteiger partial charge on any atom is 0.238 e. The van der Waals surface area contributed by atoms with Gasteiger partial charge in [0.2, 0.25) is 6.20 Å². The number of rotatable bonds is 2. The van der Waals surface area contributed by atoms with E-state index in [9.17, 15) is 0 Å². The number of halogens is 1. The van der Waals surface area contributed by atoms with Crippen LogP contribution in [-0.4, -0.2) is 31.4 Å². The SMILES string of the molecule is [Br-].c1ccc(-c2ccn[n+](N3CCOCC3)c2)cc1. The third-order valence-corrected chi connectivity index (χ3v) is 3.08. The van der Waals surface area contributed by atoms with Crippen LogP contribution in [0.5, 0.6) is 0 Å². The monoisotopic (exact) mass is 321 g/mol. The molecule has 0 atom stereocenters. The van der Waals surface area contributed by atoms with Gasteiger partial charge in [0.25, 0.3) is 0 Å². The van der Waals surface area contributed by atoms with E-state index in [0.717, 1.165) is 26.3 Å². The van der Waals surface area contributed by atoms with Gasteiger partial charge in [0.1, 0.15) is 0 Å². The highest BCUT2D eigenvalue weighted by atomic mass is 79.9. The highest BCUT2D eigenvalue weighted by molar-refractivity contribution is 5.60. The second-order valence-corrected chi connectivity index (χ2v) is 4.27. The summed E-state index contributed by atoms with van der Waals surface area (Å²) in [5, 5.41) is 6.57. The van der Waals surface area contributed by atoms with Crippen molar-refractivity contribution in [3.8, 4) is 11.1 Å². The fourth-order valence-electron chi connectivity index (χ4n) is 2.10. The van der Waals surface area contributed by atoms with Crippen molar-refractivity contribution in [2.45, 2.75) is 0 Å². The van der Waals surface area contributed by atoms with Gasteiger partial charge in [-0.1, -0.05) is 30.3 Å². The lowest BCUT2D eigenvalue weighted by molar-refractivity contribution is -0.751. The molecule has 0 saturated carbocycles. The van der Waals surface area contributed by atoms with E-state index in [1.807, 2.05) is 23.1 Å². The van der Waals surface area contributed by atoms with E-state index >= 15 is 0 Å². The molecule has 0 unspecified atom stereocenters. The van der Waals surface area contributed by atoms with Crippen molar-refractivity contribution in [1.82, 2.24) is 5.10 Å². The molecule has 3 rings (SSSR count). The van der Waals surface area contributed by atoms with Crippen LogP contribution in [0.4, 0.5) is 0 Å². The van der Waals surface area contributed by atoms with Gasteiger partial charge < -0.3 is 21.7 Å². The Balaban J connectivity index is 0.00000133. The van der Waals surface area contributed by atoms with Crippen LogP contribution in [0.2, 0.25) is 0 Å². The average molecular weight is 322 g/mol. The molecule has 1 aromatic carbocycles. The predicted octanol–water partition coefficient (Wildman–Crippen LogP) is -1.99. The number of morpholine rings is 1. The quantitative estimate of drug-likeness (QED) is 0.600. The van der Waals surface area contributed by atoms with E-state index in [2.05, 4.69) is 40.6 Å². The van der Waals surface area contributed by atoms with Crippen molar-refractivity contribution >= 4 is 0 Å². The summed E-state index contributed by atoms with van der Waals surface area (Å²) >= 11 is 0. The van der Waals surface area contributed by atoms with Gasteiger partial charge in [-0.2, -0.15) is 5.01 Å². The van der Waals surface area contributed by atoms with Crippen molar-refractivity contribution in [3.63, 3.8) is 0 Å². The summed E-state index contributed by atoms with van der Waals surface area (Å²) in [6.45, 7) is 3.31. The molecule has 2 aromatic rings. The summed E-state index contributed by atoms with van der Waals surface area (Å²) in [5.41, 5.74) is 2.39. The zero-order chi connectivity index (χ0) is 12.2. The van der Waals surface area contributed by atoms with Crippen molar-refractivity contribution in [2.24, 2.45) is 0 Å². The fraction of sp³-hybridized carbons (Fsp3) is 0.286. The molecule has 5 heteroatoms. The van der Waals surface area contributed by atoms with E-state index in [4.69, 9.17) is 4.74 Å². The molecular weight excluding hydrogens is 306 g/mol. The number of hydrogen-bond donors (Lipinski definition) is 0. The van der Waals surface area contributed by atoms with E-state index in [0.29, 0.717) is 0 Å². The average Bonchev–Trinajstić information content (AvgIpc) is 2.49. The topological polar surface area (TPSA) is 29.2 Å². The molecule has 0 N–H and O–H groups in total. The molecule has 0 radical (unpaired) electrons. The molecule has 100 valence electrons. The van der Waals surface area contributed by atoms with Crippen LogP contribution in [0.3, 0.4) is 0 Å². The number of nitrogens with zero attached hydrogens (tertiary/aromatic N) is 3. The van der Waals surface area contributed by atoms with Gasteiger partial charge in [-0.05, 0) is 11.6 Å². The lowest BCUT2D eigenvalue weighted by Gasteiger charge is -2.20. The molecule has 1 fully saturated rings. The molecule has 1 saturated heterocycles. The maximum absolute atomic E-state index is 5.35. The Labute approximate surface area is 123 Å². The molecule has 0 bridgehead atoms. The summed E-state index contributed by atoms with van der Waals surface area (Å²) in [6.07, 6.45) is 3.92. The molecule has 1 aliphatic rings. The Hall–Kier alpha value is -1.46. The third kappa shape index (κ3) is 3.30. The number of hydrogen-bond acceptors (Lipinski definition) is 3. The van der Waals surface area contributed by atoms with Crippen LogP contribution >= 0.6 is 0 Å². The Morgan fingerprint density at radius 3 is 2.47 bits per heavy atom. The van der Waals surface area contributed by atoms with Gasteiger partial charge in [0, 0.05) is 9.89 Å². The number of aromatic nitrogens is 2. The van der Waals surface area contributed by atoms with Gasteiger partial charge in [-0.15, -0.1) is 0 Å². The molecule has 0 aliphatic carbocycles. The Morgan fingerprint density at radius 1 is 1.00 bits per heavy atom. The van der Waals surface area contributed by atoms with E-state index in [-0.39, 0.29) is 17.0 Å².